The molecule has 2 rings (SSSR count). The molecule has 1 aromatic heterocycles. The molecule has 0 saturated heterocycles. The van der Waals surface area contributed by atoms with Gasteiger partial charge in [0.25, 0.3) is 5.91 Å². The Bertz CT molecular complexity index is 615. The van der Waals surface area contributed by atoms with E-state index in [4.69, 9.17) is 10.2 Å². The minimum Gasteiger partial charge on any atom is -0.456 e. The van der Waals surface area contributed by atoms with Crippen molar-refractivity contribution in [3.05, 3.63) is 46.9 Å². The minimum atomic E-state index is -0.258. The lowest BCUT2D eigenvalue weighted by molar-refractivity contribution is 0.0995. The molecule has 1 amide bonds. The van der Waals surface area contributed by atoms with Gasteiger partial charge in [-0.1, -0.05) is 13.0 Å². The van der Waals surface area contributed by atoms with E-state index in [-0.39, 0.29) is 5.91 Å². The summed E-state index contributed by atoms with van der Waals surface area (Å²) in [6.07, 6.45) is 0.768. The van der Waals surface area contributed by atoms with Crippen LogP contribution in [-0.2, 0) is 6.42 Å². The number of furan rings is 1. The molecule has 19 heavy (non-hydrogen) atoms. The van der Waals surface area contributed by atoms with Crippen molar-refractivity contribution in [2.75, 3.05) is 11.1 Å². The fraction of sp³-hybridized carbons (Fsp3) is 0.267. The number of benzene rings is 1. The van der Waals surface area contributed by atoms with Crippen molar-refractivity contribution in [1.82, 2.24) is 0 Å². The predicted octanol–water partition coefficient (Wildman–Crippen LogP) is 3.29. The first kappa shape index (κ1) is 13.2. The summed E-state index contributed by atoms with van der Waals surface area (Å²) in [5.74, 6) is 0.853. The van der Waals surface area contributed by atoms with Crippen LogP contribution in [-0.4, -0.2) is 5.91 Å². The van der Waals surface area contributed by atoms with Crippen LogP contribution in [0, 0.1) is 13.8 Å². The van der Waals surface area contributed by atoms with Gasteiger partial charge in [-0.05, 0) is 43.2 Å². The van der Waals surface area contributed by atoms with Gasteiger partial charge in [-0.25, -0.2) is 0 Å². The third-order valence-electron chi connectivity index (χ3n) is 3.10. The summed E-state index contributed by atoms with van der Waals surface area (Å²) in [4.78, 5) is 12.0. The zero-order chi connectivity index (χ0) is 14.0. The first-order valence-electron chi connectivity index (χ1n) is 6.28. The second-order valence-corrected chi connectivity index (χ2v) is 4.60. The zero-order valence-corrected chi connectivity index (χ0v) is 11.4. The monoisotopic (exact) mass is 258 g/mol. The van der Waals surface area contributed by atoms with Crippen molar-refractivity contribution >= 4 is 17.3 Å². The Labute approximate surface area is 112 Å². The number of nitrogens with one attached hydrogen (secondary N) is 1. The van der Waals surface area contributed by atoms with E-state index in [1.165, 1.54) is 0 Å². The number of amides is 1. The molecule has 4 nitrogen and oxygen atoms in total. The molecule has 0 unspecified atom stereocenters. The molecule has 0 bridgehead atoms. The van der Waals surface area contributed by atoms with Gasteiger partial charge < -0.3 is 15.5 Å². The van der Waals surface area contributed by atoms with E-state index in [1.54, 1.807) is 12.1 Å². The van der Waals surface area contributed by atoms with E-state index in [0.717, 1.165) is 23.3 Å². The van der Waals surface area contributed by atoms with E-state index in [0.29, 0.717) is 17.1 Å². The summed E-state index contributed by atoms with van der Waals surface area (Å²) >= 11 is 0. The second kappa shape index (κ2) is 5.18. The highest BCUT2D eigenvalue weighted by Crippen LogP contribution is 2.23. The van der Waals surface area contributed by atoms with E-state index in [9.17, 15) is 4.79 Å². The van der Waals surface area contributed by atoms with Crippen molar-refractivity contribution in [3.8, 4) is 0 Å². The van der Waals surface area contributed by atoms with Gasteiger partial charge in [-0.2, -0.15) is 0 Å². The average molecular weight is 258 g/mol. The van der Waals surface area contributed by atoms with E-state index < -0.39 is 0 Å². The van der Waals surface area contributed by atoms with Crippen molar-refractivity contribution in [2.45, 2.75) is 27.2 Å². The number of carbonyl (C=O) groups excluding carboxylic acids is 1. The molecule has 0 radical (unpaired) electrons. The third-order valence-corrected chi connectivity index (χ3v) is 3.10. The van der Waals surface area contributed by atoms with Crippen LogP contribution in [0.4, 0.5) is 11.4 Å². The van der Waals surface area contributed by atoms with Crippen LogP contribution < -0.4 is 11.1 Å². The van der Waals surface area contributed by atoms with Crippen molar-refractivity contribution in [3.63, 3.8) is 0 Å². The highest BCUT2D eigenvalue weighted by molar-refractivity contribution is 6.03. The maximum atomic E-state index is 12.0. The second-order valence-electron chi connectivity index (χ2n) is 4.60. The normalized spacial score (nSPS) is 10.5. The molecule has 100 valence electrons. The Balaban J connectivity index is 2.21. The topological polar surface area (TPSA) is 68.3 Å². The molecule has 0 aliphatic heterocycles. The molecular weight excluding hydrogens is 240 g/mol. The SMILES string of the molecule is CCc1ccc(C(=O)Nc2cc(N)c(C)cc2C)o1. The van der Waals surface area contributed by atoms with Crippen LogP contribution in [0.3, 0.4) is 0 Å². The molecule has 1 aromatic carbocycles. The first-order chi connectivity index (χ1) is 9.01. The number of nitrogen functional groups attached to an aromatic ring is 1. The van der Waals surface area contributed by atoms with E-state index >= 15 is 0 Å². The largest absolute Gasteiger partial charge is 0.456 e. The number of anilines is 2. The highest BCUT2D eigenvalue weighted by Gasteiger charge is 2.12. The molecule has 4 heteroatoms. The minimum absolute atomic E-state index is 0.258. The molecule has 0 spiro atoms. The zero-order valence-electron chi connectivity index (χ0n) is 11.4. The number of carbonyl (C=O) groups is 1. The number of hydrogen-bond donors (Lipinski definition) is 2. The smallest absolute Gasteiger partial charge is 0.291 e. The molecule has 3 N–H and O–H groups in total. The summed E-state index contributed by atoms with van der Waals surface area (Å²) < 4.78 is 5.42. The molecular formula is C15H18N2O2. The molecule has 2 aromatic rings. The highest BCUT2D eigenvalue weighted by atomic mass is 16.3. The number of nitrogens with two attached hydrogens (primary N) is 1. The number of aryl methyl sites for hydroxylation is 3. The summed E-state index contributed by atoms with van der Waals surface area (Å²) in [5, 5.41) is 2.82. The lowest BCUT2D eigenvalue weighted by atomic mass is 10.1. The molecule has 1 heterocycles. The van der Waals surface area contributed by atoms with Crippen LogP contribution in [0.15, 0.2) is 28.7 Å². The van der Waals surface area contributed by atoms with Gasteiger partial charge in [0, 0.05) is 17.8 Å². The quantitative estimate of drug-likeness (QED) is 0.830. The average Bonchev–Trinajstić information content (AvgIpc) is 2.84. The Kier molecular flexibility index (Phi) is 3.60. The fourth-order valence-electron chi connectivity index (χ4n) is 1.88. The van der Waals surface area contributed by atoms with Gasteiger partial charge in [0.2, 0.25) is 0 Å². The van der Waals surface area contributed by atoms with Crippen molar-refractivity contribution in [1.29, 1.82) is 0 Å². The summed E-state index contributed by atoms with van der Waals surface area (Å²) in [7, 11) is 0. The lowest BCUT2D eigenvalue weighted by Crippen LogP contribution is -2.12. The molecule has 0 fully saturated rings. The van der Waals surface area contributed by atoms with E-state index in [2.05, 4.69) is 5.32 Å². The Hall–Kier alpha value is -2.23. The molecule has 0 saturated carbocycles. The molecule has 0 aliphatic carbocycles. The first-order valence-corrected chi connectivity index (χ1v) is 6.28. The van der Waals surface area contributed by atoms with Gasteiger partial charge in [0.05, 0.1) is 0 Å². The van der Waals surface area contributed by atoms with Gasteiger partial charge in [0.15, 0.2) is 5.76 Å². The van der Waals surface area contributed by atoms with Crippen molar-refractivity contribution < 1.29 is 9.21 Å². The third kappa shape index (κ3) is 2.78. The van der Waals surface area contributed by atoms with Crippen LogP contribution in [0.2, 0.25) is 0 Å². The van der Waals surface area contributed by atoms with Crippen LogP contribution >= 0.6 is 0 Å². The van der Waals surface area contributed by atoms with Crippen LogP contribution in [0.25, 0.3) is 0 Å². The maximum absolute atomic E-state index is 12.0. The summed E-state index contributed by atoms with van der Waals surface area (Å²) in [6.45, 7) is 5.85. The molecule has 0 atom stereocenters. The maximum Gasteiger partial charge on any atom is 0.291 e. The number of rotatable bonds is 3. The van der Waals surface area contributed by atoms with Gasteiger partial charge in [0.1, 0.15) is 5.76 Å². The predicted molar refractivity (Wildman–Crippen MR) is 76.4 cm³/mol. The Morgan fingerprint density at radius 2 is 2.00 bits per heavy atom. The van der Waals surface area contributed by atoms with Crippen molar-refractivity contribution in [2.24, 2.45) is 0 Å². The Morgan fingerprint density at radius 1 is 1.26 bits per heavy atom. The summed E-state index contributed by atoms with van der Waals surface area (Å²) in [6, 6.07) is 7.21. The van der Waals surface area contributed by atoms with Crippen LogP contribution in [0.5, 0.6) is 0 Å². The fourth-order valence-corrected chi connectivity index (χ4v) is 1.88. The van der Waals surface area contributed by atoms with Gasteiger partial charge in [-0.3, -0.25) is 4.79 Å². The number of hydrogen-bond acceptors (Lipinski definition) is 3. The summed E-state index contributed by atoms with van der Waals surface area (Å²) in [5.41, 5.74) is 9.20. The standard InChI is InChI=1S/C15H18N2O2/c1-4-11-5-6-14(19-11)15(18)17-13-8-12(16)9(2)7-10(13)3/h5-8H,4,16H2,1-3H3,(H,17,18). The van der Waals surface area contributed by atoms with Gasteiger partial charge in [-0.15, -0.1) is 0 Å². The van der Waals surface area contributed by atoms with Crippen LogP contribution in [0.1, 0.15) is 34.4 Å². The molecule has 0 aliphatic rings. The Morgan fingerprint density at radius 3 is 2.63 bits per heavy atom. The van der Waals surface area contributed by atoms with Gasteiger partial charge >= 0.3 is 0 Å². The lowest BCUT2D eigenvalue weighted by Gasteiger charge is -2.10. The van der Waals surface area contributed by atoms with E-state index in [1.807, 2.05) is 32.9 Å².